The smallest absolute Gasteiger partial charge is 0.199 e. The molecule has 1 aliphatic heterocycles. The zero-order valence-corrected chi connectivity index (χ0v) is 9.74. The number of aromatic nitrogens is 1. The highest BCUT2D eigenvalue weighted by Crippen LogP contribution is 2.46. The summed E-state index contributed by atoms with van der Waals surface area (Å²) in [5.74, 6) is 1.17. The Morgan fingerprint density at radius 1 is 1.29 bits per heavy atom. The SMILES string of the molecule is Oc1c2c(C3CC3)cccc2c2n1CCNC2. The molecule has 0 saturated heterocycles. The third-order valence-corrected chi connectivity index (χ3v) is 4.03. The molecule has 17 heavy (non-hydrogen) atoms. The van der Waals surface area contributed by atoms with Crippen LogP contribution in [0, 0.1) is 0 Å². The van der Waals surface area contributed by atoms with Crippen molar-refractivity contribution < 1.29 is 5.11 Å². The summed E-state index contributed by atoms with van der Waals surface area (Å²) in [5.41, 5.74) is 2.59. The maximum absolute atomic E-state index is 10.4. The van der Waals surface area contributed by atoms with Gasteiger partial charge in [0.2, 0.25) is 0 Å². The van der Waals surface area contributed by atoms with Gasteiger partial charge in [0.05, 0.1) is 0 Å². The van der Waals surface area contributed by atoms with Crippen LogP contribution in [-0.4, -0.2) is 16.2 Å². The molecular formula is C14H16N2O. The van der Waals surface area contributed by atoms with Crippen molar-refractivity contribution in [3.8, 4) is 5.88 Å². The molecule has 0 unspecified atom stereocenters. The van der Waals surface area contributed by atoms with E-state index in [9.17, 15) is 5.11 Å². The summed E-state index contributed by atoms with van der Waals surface area (Å²) in [6.45, 7) is 2.69. The summed E-state index contributed by atoms with van der Waals surface area (Å²) in [7, 11) is 0. The van der Waals surface area contributed by atoms with Gasteiger partial charge in [-0.1, -0.05) is 18.2 Å². The highest BCUT2D eigenvalue weighted by Gasteiger charge is 2.29. The van der Waals surface area contributed by atoms with E-state index >= 15 is 0 Å². The first-order valence-corrected chi connectivity index (χ1v) is 6.40. The topological polar surface area (TPSA) is 37.2 Å². The van der Waals surface area contributed by atoms with Crippen LogP contribution < -0.4 is 5.32 Å². The summed E-state index contributed by atoms with van der Waals surface area (Å²) >= 11 is 0. The molecule has 0 spiro atoms. The highest BCUT2D eigenvalue weighted by molar-refractivity contribution is 5.94. The van der Waals surface area contributed by atoms with Gasteiger partial charge in [0.15, 0.2) is 5.88 Å². The lowest BCUT2D eigenvalue weighted by molar-refractivity contribution is 0.396. The van der Waals surface area contributed by atoms with Crippen molar-refractivity contribution >= 4 is 10.8 Å². The van der Waals surface area contributed by atoms with Crippen LogP contribution in [0.3, 0.4) is 0 Å². The van der Waals surface area contributed by atoms with Gasteiger partial charge >= 0.3 is 0 Å². The molecule has 1 aliphatic carbocycles. The van der Waals surface area contributed by atoms with E-state index in [4.69, 9.17) is 0 Å². The second kappa shape index (κ2) is 3.26. The van der Waals surface area contributed by atoms with Gasteiger partial charge in [-0.3, -0.25) is 0 Å². The summed E-state index contributed by atoms with van der Waals surface area (Å²) in [4.78, 5) is 0. The van der Waals surface area contributed by atoms with Crippen LogP contribution in [0.1, 0.15) is 30.0 Å². The average Bonchev–Trinajstić information content (AvgIpc) is 3.18. The summed E-state index contributed by atoms with van der Waals surface area (Å²) in [6, 6.07) is 6.45. The number of aromatic hydroxyl groups is 1. The molecule has 3 heteroatoms. The number of hydrogen-bond donors (Lipinski definition) is 2. The number of nitrogens with zero attached hydrogens (tertiary/aromatic N) is 1. The number of hydrogen-bond acceptors (Lipinski definition) is 2. The zero-order valence-electron chi connectivity index (χ0n) is 9.74. The van der Waals surface area contributed by atoms with E-state index < -0.39 is 0 Å². The molecule has 2 aliphatic rings. The molecule has 0 amide bonds. The highest BCUT2D eigenvalue weighted by atomic mass is 16.3. The van der Waals surface area contributed by atoms with E-state index in [2.05, 4.69) is 28.1 Å². The maximum atomic E-state index is 10.4. The van der Waals surface area contributed by atoms with Crippen LogP contribution in [0.2, 0.25) is 0 Å². The van der Waals surface area contributed by atoms with Crippen molar-refractivity contribution in [3.63, 3.8) is 0 Å². The monoisotopic (exact) mass is 228 g/mol. The van der Waals surface area contributed by atoms with Gasteiger partial charge in [-0.25, -0.2) is 0 Å². The van der Waals surface area contributed by atoms with E-state index in [-0.39, 0.29) is 0 Å². The standard InChI is InChI=1S/C14H16N2O/c17-14-13-10(9-4-5-9)2-1-3-11(13)12-8-15-6-7-16(12)14/h1-3,9,15,17H,4-8H2. The minimum Gasteiger partial charge on any atom is -0.494 e. The molecule has 0 radical (unpaired) electrons. The lowest BCUT2D eigenvalue weighted by Gasteiger charge is -2.16. The van der Waals surface area contributed by atoms with Gasteiger partial charge in [-0.15, -0.1) is 0 Å². The normalized spacial score (nSPS) is 19.5. The molecule has 2 heterocycles. The molecule has 1 fully saturated rings. The van der Waals surface area contributed by atoms with Gasteiger partial charge in [-0.05, 0) is 24.3 Å². The summed E-state index contributed by atoms with van der Waals surface area (Å²) in [5, 5.41) is 16.1. The van der Waals surface area contributed by atoms with Crippen molar-refractivity contribution in [2.45, 2.75) is 31.8 Å². The molecule has 1 saturated carbocycles. The Hall–Kier alpha value is -1.48. The minimum atomic E-state index is 0.485. The molecule has 4 rings (SSSR count). The number of fused-ring (bicyclic) bond motifs is 3. The van der Waals surface area contributed by atoms with Gasteiger partial charge in [0.1, 0.15) is 0 Å². The second-order valence-corrected chi connectivity index (χ2v) is 5.14. The van der Waals surface area contributed by atoms with Gasteiger partial charge in [0.25, 0.3) is 0 Å². The molecule has 0 bridgehead atoms. The summed E-state index contributed by atoms with van der Waals surface area (Å²) < 4.78 is 2.08. The Morgan fingerprint density at radius 2 is 2.18 bits per heavy atom. The lowest BCUT2D eigenvalue weighted by atomic mass is 10.0. The first-order valence-electron chi connectivity index (χ1n) is 6.40. The Bertz CT molecular complexity index is 596. The summed E-state index contributed by atoms with van der Waals surface area (Å²) in [6.07, 6.45) is 2.55. The van der Waals surface area contributed by atoms with Crippen LogP contribution in [0.15, 0.2) is 18.2 Å². The average molecular weight is 228 g/mol. The third-order valence-electron chi connectivity index (χ3n) is 4.03. The van der Waals surface area contributed by atoms with E-state index in [0.29, 0.717) is 11.8 Å². The molecule has 88 valence electrons. The fourth-order valence-electron chi connectivity index (χ4n) is 3.03. The molecule has 0 atom stereocenters. The van der Waals surface area contributed by atoms with Crippen molar-refractivity contribution in [1.29, 1.82) is 0 Å². The quantitative estimate of drug-likeness (QED) is 0.786. The van der Waals surface area contributed by atoms with Crippen molar-refractivity contribution in [1.82, 2.24) is 9.88 Å². The Labute approximate surface area is 100 Å². The van der Waals surface area contributed by atoms with E-state index in [1.54, 1.807) is 0 Å². The lowest BCUT2D eigenvalue weighted by Crippen LogP contribution is -2.27. The zero-order chi connectivity index (χ0) is 11.4. The fraction of sp³-hybridized carbons (Fsp3) is 0.429. The molecule has 2 aromatic rings. The van der Waals surface area contributed by atoms with Crippen LogP contribution in [-0.2, 0) is 13.1 Å². The first-order chi connectivity index (χ1) is 8.36. The molecule has 3 nitrogen and oxygen atoms in total. The van der Waals surface area contributed by atoms with E-state index in [1.165, 1.54) is 29.5 Å². The third kappa shape index (κ3) is 1.26. The van der Waals surface area contributed by atoms with Crippen molar-refractivity contribution in [3.05, 3.63) is 29.5 Å². The Morgan fingerprint density at radius 3 is 3.00 bits per heavy atom. The molecule has 1 aromatic carbocycles. The molecular weight excluding hydrogens is 212 g/mol. The predicted octanol–water partition coefficient (Wildman–Crippen LogP) is 2.33. The van der Waals surface area contributed by atoms with Gasteiger partial charge < -0.3 is 15.0 Å². The second-order valence-electron chi connectivity index (χ2n) is 5.14. The van der Waals surface area contributed by atoms with Crippen LogP contribution in [0.4, 0.5) is 0 Å². The number of nitrogens with one attached hydrogen (secondary N) is 1. The van der Waals surface area contributed by atoms with E-state index in [0.717, 1.165) is 25.0 Å². The Kier molecular flexibility index (Phi) is 1.83. The van der Waals surface area contributed by atoms with Crippen molar-refractivity contribution in [2.75, 3.05) is 6.54 Å². The maximum Gasteiger partial charge on any atom is 0.199 e. The van der Waals surface area contributed by atoms with E-state index in [1.807, 2.05) is 0 Å². The Balaban J connectivity index is 2.07. The fourth-order valence-corrected chi connectivity index (χ4v) is 3.03. The first kappa shape index (κ1) is 9.54. The van der Waals surface area contributed by atoms with Gasteiger partial charge in [-0.2, -0.15) is 0 Å². The van der Waals surface area contributed by atoms with Crippen LogP contribution in [0.5, 0.6) is 5.88 Å². The predicted molar refractivity (Wildman–Crippen MR) is 67.3 cm³/mol. The minimum absolute atomic E-state index is 0.485. The number of rotatable bonds is 1. The van der Waals surface area contributed by atoms with Crippen molar-refractivity contribution in [2.24, 2.45) is 0 Å². The van der Waals surface area contributed by atoms with Crippen LogP contribution in [0.25, 0.3) is 10.8 Å². The largest absolute Gasteiger partial charge is 0.494 e. The molecule has 1 aromatic heterocycles. The van der Waals surface area contributed by atoms with Gasteiger partial charge in [0, 0.05) is 36.1 Å². The van der Waals surface area contributed by atoms with Crippen LogP contribution >= 0.6 is 0 Å². The number of benzene rings is 1. The molecule has 2 N–H and O–H groups in total.